The van der Waals surface area contributed by atoms with Gasteiger partial charge in [0.25, 0.3) is 5.91 Å². The lowest BCUT2D eigenvalue weighted by Crippen LogP contribution is -2.15. The molecule has 4 rings (SSSR count). The third-order valence-corrected chi connectivity index (χ3v) is 4.94. The van der Waals surface area contributed by atoms with Gasteiger partial charge in [-0.05, 0) is 67.4 Å². The number of carbonyl (C=O) groups is 1. The maximum atomic E-state index is 13.4. The average Bonchev–Trinajstić information content (AvgIpc) is 3.17. The number of para-hydroxylation sites is 1. The number of anilines is 1. The van der Waals surface area contributed by atoms with Crippen LogP contribution in [-0.4, -0.2) is 20.7 Å². The molecule has 0 saturated heterocycles. The third-order valence-electron chi connectivity index (χ3n) is 4.70. The van der Waals surface area contributed by atoms with Crippen molar-refractivity contribution in [2.45, 2.75) is 13.8 Å². The highest BCUT2D eigenvalue weighted by Crippen LogP contribution is 2.25. The van der Waals surface area contributed by atoms with Crippen LogP contribution < -0.4 is 5.32 Å². The molecule has 0 bridgehead atoms. The monoisotopic (exact) mass is 420 g/mol. The average molecular weight is 421 g/mol. The van der Waals surface area contributed by atoms with Gasteiger partial charge in [-0.3, -0.25) is 4.79 Å². The second kappa shape index (κ2) is 8.08. The number of halogens is 2. The van der Waals surface area contributed by atoms with Gasteiger partial charge in [-0.2, -0.15) is 0 Å². The van der Waals surface area contributed by atoms with Crippen molar-refractivity contribution in [1.29, 1.82) is 0 Å². The van der Waals surface area contributed by atoms with Crippen LogP contribution in [0.5, 0.6) is 0 Å². The van der Waals surface area contributed by atoms with E-state index in [0.717, 1.165) is 16.8 Å². The molecule has 1 aromatic heterocycles. The molecule has 0 aliphatic rings. The van der Waals surface area contributed by atoms with E-state index in [2.05, 4.69) is 15.4 Å². The van der Waals surface area contributed by atoms with Gasteiger partial charge in [0.05, 0.1) is 5.69 Å². The molecule has 7 heteroatoms. The van der Waals surface area contributed by atoms with Crippen LogP contribution >= 0.6 is 11.6 Å². The summed E-state index contributed by atoms with van der Waals surface area (Å²) in [5.41, 5.74) is 3.84. The number of aryl methyl sites for hydroxylation is 2. The minimum absolute atomic E-state index is 0.00282. The first-order chi connectivity index (χ1) is 14.4. The lowest BCUT2D eigenvalue weighted by molar-refractivity contribution is 0.101. The first kappa shape index (κ1) is 19.8. The minimum Gasteiger partial charge on any atom is -0.319 e. The van der Waals surface area contributed by atoms with Gasteiger partial charge in [0.2, 0.25) is 5.82 Å². The molecule has 0 unspecified atom stereocenters. The molecule has 1 heterocycles. The highest BCUT2D eigenvalue weighted by atomic mass is 35.5. The van der Waals surface area contributed by atoms with Crippen LogP contribution in [0.25, 0.3) is 17.1 Å². The van der Waals surface area contributed by atoms with Crippen LogP contribution in [0.15, 0.2) is 66.7 Å². The van der Waals surface area contributed by atoms with Crippen LogP contribution in [0.2, 0.25) is 5.02 Å². The van der Waals surface area contributed by atoms with Crippen molar-refractivity contribution in [3.63, 3.8) is 0 Å². The summed E-state index contributed by atoms with van der Waals surface area (Å²) in [5.74, 6) is -0.375. The van der Waals surface area contributed by atoms with Gasteiger partial charge in [-0.15, -0.1) is 5.10 Å². The highest BCUT2D eigenvalue weighted by molar-refractivity contribution is 6.31. The quantitative estimate of drug-likeness (QED) is 0.467. The van der Waals surface area contributed by atoms with Gasteiger partial charge in [0.1, 0.15) is 5.82 Å². The van der Waals surface area contributed by atoms with Crippen molar-refractivity contribution < 1.29 is 9.18 Å². The lowest BCUT2D eigenvalue weighted by Gasteiger charge is -2.08. The van der Waals surface area contributed by atoms with Gasteiger partial charge < -0.3 is 5.32 Å². The fraction of sp³-hybridized carbons (Fsp3) is 0.0870. The van der Waals surface area contributed by atoms with Gasteiger partial charge >= 0.3 is 0 Å². The van der Waals surface area contributed by atoms with Crippen molar-refractivity contribution in [2.24, 2.45) is 0 Å². The summed E-state index contributed by atoms with van der Waals surface area (Å²) in [4.78, 5) is 17.4. The van der Waals surface area contributed by atoms with Gasteiger partial charge in [0, 0.05) is 16.3 Å². The number of rotatable bonds is 4. The Balaban J connectivity index is 1.79. The van der Waals surface area contributed by atoms with Crippen LogP contribution in [0.3, 0.4) is 0 Å². The third kappa shape index (κ3) is 3.95. The summed E-state index contributed by atoms with van der Waals surface area (Å²) >= 11 is 6.05. The number of carbonyl (C=O) groups excluding carboxylic acids is 1. The van der Waals surface area contributed by atoms with Gasteiger partial charge in [-0.25, -0.2) is 14.1 Å². The molecule has 5 nitrogen and oxygen atoms in total. The minimum atomic E-state index is -0.462. The Labute approximate surface area is 178 Å². The predicted octanol–water partition coefficient (Wildman–Crippen LogP) is 5.60. The highest BCUT2D eigenvalue weighted by Gasteiger charge is 2.20. The first-order valence-electron chi connectivity index (χ1n) is 9.29. The summed E-state index contributed by atoms with van der Waals surface area (Å²) < 4.78 is 15.0. The second-order valence-corrected chi connectivity index (χ2v) is 7.31. The Hall–Kier alpha value is -3.51. The molecule has 1 amide bonds. The molecule has 0 aliphatic heterocycles. The number of amides is 1. The number of nitrogens with one attached hydrogen (secondary N) is 1. The van der Waals surface area contributed by atoms with E-state index < -0.39 is 5.91 Å². The molecule has 0 atom stereocenters. The smallest absolute Gasteiger partial charge is 0.295 e. The molecule has 0 radical (unpaired) electrons. The molecule has 3 aromatic carbocycles. The summed E-state index contributed by atoms with van der Waals surface area (Å²) in [6.07, 6.45) is 0. The summed E-state index contributed by atoms with van der Waals surface area (Å²) in [7, 11) is 0. The predicted molar refractivity (Wildman–Crippen MR) is 116 cm³/mol. The van der Waals surface area contributed by atoms with E-state index in [1.54, 1.807) is 28.9 Å². The van der Waals surface area contributed by atoms with Crippen molar-refractivity contribution in [2.75, 3.05) is 5.32 Å². The number of hydrogen-bond donors (Lipinski definition) is 1. The fourth-order valence-electron chi connectivity index (χ4n) is 3.07. The Kier molecular flexibility index (Phi) is 5.33. The first-order valence-corrected chi connectivity index (χ1v) is 9.66. The van der Waals surface area contributed by atoms with Gasteiger partial charge in [0.15, 0.2) is 5.82 Å². The van der Waals surface area contributed by atoms with Crippen molar-refractivity contribution in [3.8, 4) is 17.1 Å². The van der Waals surface area contributed by atoms with Crippen LogP contribution in [0.4, 0.5) is 10.1 Å². The topological polar surface area (TPSA) is 59.8 Å². The Bertz CT molecular complexity index is 1230. The number of aromatic nitrogens is 3. The number of hydrogen-bond acceptors (Lipinski definition) is 3. The summed E-state index contributed by atoms with van der Waals surface area (Å²) in [6, 6.07) is 18.8. The molecule has 0 spiro atoms. The maximum Gasteiger partial charge on any atom is 0.295 e. The molecule has 150 valence electrons. The molecule has 1 N–H and O–H groups in total. The van der Waals surface area contributed by atoms with Crippen LogP contribution in [0.1, 0.15) is 21.7 Å². The molecule has 30 heavy (non-hydrogen) atoms. The van der Waals surface area contributed by atoms with E-state index in [-0.39, 0.29) is 11.6 Å². The molecule has 4 aromatic rings. The number of nitrogens with zero attached hydrogens (tertiary/aromatic N) is 3. The normalized spacial score (nSPS) is 10.8. The summed E-state index contributed by atoms with van der Waals surface area (Å²) in [6.45, 7) is 3.82. The lowest BCUT2D eigenvalue weighted by atomic mass is 10.1. The largest absolute Gasteiger partial charge is 0.319 e. The Morgan fingerprint density at radius 1 is 1.00 bits per heavy atom. The van der Waals surface area contributed by atoms with E-state index in [0.29, 0.717) is 22.1 Å². The second-order valence-electron chi connectivity index (χ2n) is 6.88. The SMILES string of the molecule is Cc1ccc(Cl)cc1NC(=O)c1nc(-c2ccc(F)cc2)n(-c2ccccc2C)n1. The molecule has 0 aliphatic carbocycles. The van der Waals surface area contributed by atoms with E-state index in [1.165, 1.54) is 12.1 Å². The standard InChI is InChI=1S/C23H18ClFN4O/c1-14-7-10-17(24)13-19(14)26-23(30)21-27-22(16-8-11-18(25)12-9-16)29(28-21)20-6-4-3-5-15(20)2/h3-13H,1-2H3,(H,26,30). The van der Waals surface area contributed by atoms with E-state index in [4.69, 9.17) is 11.6 Å². The van der Waals surface area contributed by atoms with Crippen LogP contribution in [-0.2, 0) is 0 Å². The van der Waals surface area contributed by atoms with E-state index in [1.807, 2.05) is 44.2 Å². The zero-order chi connectivity index (χ0) is 21.3. The fourth-order valence-corrected chi connectivity index (χ4v) is 3.24. The van der Waals surface area contributed by atoms with Gasteiger partial charge in [-0.1, -0.05) is 35.9 Å². The Morgan fingerprint density at radius 3 is 2.47 bits per heavy atom. The molecule has 0 fully saturated rings. The molecular formula is C23H18ClFN4O. The summed E-state index contributed by atoms with van der Waals surface area (Å²) in [5, 5.41) is 7.78. The Morgan fingerprint density at radius 2 is 1.73 bits per heavy atom. The zero-order valence-electron chi connectivity index (χ0n) is 16.4. The molecular weight excluding hydrogens is 403 g/mol. The van der Waals surface area contributed by atoms with E-state index >= 15 is 0 Å². The van der Waals surface area contributed by atoms with Crippen molar-refractivity contribution in [3.05, 3.63) is 94.5 Å². The molecule has 0 saturated carbocycles. The van der Waals surface area contributed by atoms with Crippen molar-refractivity contribution in [1.82, 2.24) is 14.8 Å². The zero-order valence-corrected chi connectivity index (χ0v) is 17.1. The van der Waals surface area contributed by atoms with Crippen LogP contribution in [0, 0.1) is 19.7 Å². The van der Waals surface area contributed by atoms with Crippen molar-refractivity contribution >= 4 is 23.2 Å². The number of benzene rings is 3. The van der Waals surface area contributed by atoms with E-state index in [9.17, 15) is 9.18 Å². The maximum absolute atomic E-state index is 13.4.